The maximum Gasteiger partial charge on any atom is 0.329 e. The van der Waals surface area contributed by atoms with E-state index in [4.69, 9.17) is 0 Å². The number of nitrogens with zero attached hydrogens (tertiary/aromatic N) is 4. The first kappa shape index (κ1) is 15.1. The van der Waals surface area contributed by atoms with E-state index in [1.807, 2.05) is 54.8 Å². The molecule has 0 unspecified atom stereocenters. The first-order valence-corrected chi connectivity index (χ1v) is 7.31. The molecule has 0 saturated heterocycles. The second-order valence-electron chi connectivity index (χ2n) is 5.87. The number of fused-ring (bicyclic) bond motifs is 1. The zero-order chi connectivity index (χ0) is 16.7. The van der Waals surface area contributed by atoms with E-state index in [1.165, 1.54) is 10.1 Å². The van der Waals surface area contributed by atoms with Gasteiger partial charge in [-0.3, -0.25) is 18.9 Å². The highest BCUT2D eigenvalue weighted by molar-refractivity contribution is 5.74. The van der Waals surface area contributed by atoms with Crippen molar-refractivity contribution in [2.45, 2.75) is 13.5 Å². The van der Waals surface area contributed by atoms with Gasteiger partial charge < -0.3 is 4.90 Å². The molecule has 0 aliphatic rings. The number of anilines is 1. The summed E-state index contributed by atoms with van der Waals surface area (Å²) in [4.78, 5) is 32.7. The van der Waals surface area contributed by atoms with Crippen LogP contribution in [0.25, 0.3) is 11.2 Å². The lowest BCUT2D eigenvalue weighted by Crippen LogP contribution is -2.29. The molecule has 0 bridgehead atoms. The quantitative estimate of drug-likeness (QED) is 0.777. The molecule has 0 saturated carbocycles. The average molecular weight is 313 g/mol. The summed E-state index contributed by atoms with van der Waals surface area (Å²) in [6.45, 7) is 2.54. The summed E-state index contributed by atoms with van der Waals surface area (Å²) in [7, 11) is 5.32. The third kappa shape index (κ3) is 2.54. The van der Waals surface area contributed by atoms with Gasteiger partial charge in [0.2, 0.25) is 5.95 Å². The third-order valence-corrected chi connectivity index (χ3v) is 3.85. The van der Waals surface area contributed by atoms with Crippen molar-refractivity contribution in [1.82, 2.24) is 19.1 Å². The van der Waals surface area contributed by atoms with Gasteiger partial charge in [0.15, 0.2) is 11.2 Å². The Morgan fingerprint density at radius 2 is 1.83 bits per heavy atom. The average Bonchev–Trinajstić information content (AvgIpc) is 2.87. The molecule has 0 aliphatic heterocycles. The molecule has 0 aliphatic carbocycles. The van der Waals surface area contributed by atoms with Crippen molar-refractivity contribution in [3.05, 3.63) is 56.2 Å². The lowest BCUT2D eigenvalue weighted by atomic mass is 10.1. The summed E-state index contributed by atoms with van der Waals surface area (Å²) in [6, 6.07) is 8.11. The standard InChI is InChI=1S/C16H19N5O2/c1-10-5-7-11(8-6-10)9-21-12-13(17-15(21)19(2)3)20(4)16(23)18-14(12)22/h5-8H,9H2,1-4H3,(H,18,22,23). The van der Waals surface area contributed by atoms with E-state index in [-0.39, 0.29) is 0 Å². The minimum atomic E-state index is -0.465. The van der Waals surface area contributed by atoms with Crippen LogP contribution >= 0.6 is 0 Å². The summed E-state index contributed by atoms with van der Waals surface area (Å²) >= 11 is 0. The number of aromatic amines is 1. The van der Waals surface area contributed by atoms with Crippen molar-refractivity contribution in [3.63, 3.8) is 0 Å². The number of imidazole rings is 1. The molecule has 23 heavy (non-hydrogen) atoms. The monoisotopic (exact) mass is 313 g/mol. The number of hydrogen-bond acceptors (Lipinski definition) is 4. The summed E-state index contributed by atoms with van der Waals surface area (Å²) in [6.07, 6.45) is 0. The highest BCUT2D eigenvalue weighted by Crippen LogP contribution is 2.19. The Morgan fingerprint density at radius 1 is 1.17 bits per heavy atom. The van der Waals surface area contributed by atoms with Gasteiger partial charge in [-0.25, -0.2) is 4.79 Å². The Labute approximate surface area is 132 Å². The molecule has 1 aromatic carbocycles. The molecular formula is C16H19N5O2. The van der Waals surface area contributed by atoms with Crippen LogP contribution in [0.1, 0.15) is 11.1 Å². The van der Waals surface area contributed by atoms with Crippen LogP contribution in [0.2, 0.25) is 0 Å². The summed E-state index contributed by atoms with van der Waals surface area (Å²) in [5.41, 5.74) is 2.14. The summed E-state index contributed by atoms with van der Waals surface area (Å²) < 4.78 is 3.19. The van der Waals surface area contributed by atoms with E-state index in [1.54, 1.807) is 7.05 Å². The molecule has 3 aromatic rings. The van der Waals surface area contributed by atoms with Gasteiger partial charge >= 0.3 is 5.69 Å². The fraction of sp³-hybridized carbons (Fsp3) is 0.312. The maximum atomic E-state index is 12.3. The lowest BCUT2D eigenvalue weighted by Gasteiger charge is -2.14. The van der Waals surface area contributed by atoms with E-state index >= 15 is 0 Å². The van der Waals surface area contributed by atoms with Crippen LogP contribution < -0.4 is 16.1 Å². The van der Waals surface area contributed by atoms with Crippen LogP contribution in [-0.4, -0.2) is 33.2 Å². The highest BCUT2D eigenvalue weighted by atomic mass is 16.2. The minimum absolute atomic E-state index is 0.384. The van der Waals surface area contributed by atoms with Crippen LogP contribution in [0.5, 0.6) is 0 Å². The van der Waals surface area contributed by atoms with Crippen LogP contribution in [0.3, 0.4) is 0 Å². The third-order valence-electron chi connectivity index (χ3n) is 3.85. The zero-order valence-corrected chi connectivity index (χ0v) is 13.6. The molecule has 120 valence electrons. The number of H-pyrrole nitrogens is 1. The predicted molar refractivity (Wildman–Crippen MR) is 90.2 cm³/mol. The van der Waals surface area contributed by atoms with Crippen molar-refractivity contribution < 1.29 is 0 Å². The van der Waals surface area contributed by atoms with Gasteiger partial charge in [0.05, 0.1) is 6.54 Å². The van der Waals surface area contributed by atoms with Gasteiger partial charge in [0.1, 0.15) is 0 Å². The van der Waals surface area contributed by atoms with Gasteiger partial charge in [-0.15, -0.1) is 0 Å². The molecule has 2 aromatic heterocycles. The molecule has 3 rings (SSSR count). The van der Waals surface area contributed by atoms with Gasteiger partial charge in [0.25, 0.3) is 5.56 Å². The van der Waals surface area contributed by atoms with Crippen molar-refractivity contribution in [3.8, 4) is 0 Å². The van der Waals surface area contributed by atoms with Crippen molar-refractivity contribution >= 4 is 17.1 Å². The number of rotatable bonds is 3. The van der Waals surface area contributed by atoms with E-state index < -0.39 is 11.2 Å². The second kappa shape index (κ2) is 5.42. The summed E-state index contributed by atoms with van der Waals surface area (Å²) in [5, 5.41) is 0. The van der Waals surface area contributed by atoms with Crippen LogP contribution in [0, 0.1) is 6.92 Å². The number of benzene rings is 1. The molecule has 2 heterocycles. The van der Waals surface area contributed by atoms with Crippen LogP contribution in [-0.2, 0) is 13.6 Å². The molecule has 1 N–H and O–H groups in total. The second-order valence-corrected chi connectivity index (χ2v) is 5.87. The molecule has 0 atom stereocenters. The van der Waals surface area contributed by atoms with Gasteiger partial charge in [0, 0.05) is 21.1 Å². The predicted octanol–water partition coefficient (Wildman–Crippen LogP) is 0.846. The molecular weight excluding hydrogens is 294 g/mol. The van der Waals surface area contributed by atoms with Crippen LogP contribution in [0.4, 0.5) is 5.95 Å². The fourth-order valence-electron chi connectivity index (χ4n) is 2.59. The SMILES string of the molecule is Cc1ccc(Cn2c(N(C)C)nc3c2c(=O)[nH]c(=O)n3C)cc1. The number of hydrogen-bond donors (Lipinski definition) is 1. The topological polar surface area (TPSA) is 75.9 Å². The first-order chi connectivity index (χ1) is 10.9. The Hall–Kier alpha value is -2.83. The van der Waals surface area contributed by atoms with Crippen molar-refractivity contribution in [2.75, 3.05) is 19.0 Å². The fourth-order valence-corrected chi connectivity index (χ4v) is 2.59. The molecule has 0 fully saturated rings. The summed E-state index contributed by atoms with van der Waals surface area (Å²) in [5.74, 6) is 0.632. The molecule has 0 spiro atoms. The molecule has 0 amide bonds. The van der Waals surface area contributed by atoms with E-state index in [2.05, 4.69) is 9.97 Å². The van der Waals surface area contributed by atoms with E-state index in [0.29, 0.717) is 23.7 Å². The van der Waals surface area contributed by atoms with Gasteiger partial charge in [-0.2, -0.15) is 4.98 Å². The maximum absolute atomic E-state index is 12.3. The van der Waals surface area contributed by atoms with Crippen molar-refractivity contribution in [1.29, 1.82) is 0 Å². The number of aromatic nitrogens is 4. The van der Waals surface area contributed by atoms with E-state index in [9.17, 15) is 9.59 Å². The normalized spacial score (nSPS) is 11.1. The Balaban J connectivity index is 2.27. The zero-order valence-electron chi connectivity index (χ0n) is 13.6. The molecule has 7 nitrogen and oxygen atoms in total. The highest BCUT2D eigenvalue weighted by Gasteiger charge is 2.18. The molecule has 0 radical (unpaired) electrons. The lowest BCUT2D eigenvalue weighted by molar-refractivity contribution is 0.792. The Morgan fingerprint density at radius 3 is 2.43 bits per heavy atom. The van der Waals surface area contributed by atoms with E-state index in [0.717, 1.165) is 5.56 Å². The number of aryl methyl sites for hydroxylation is 2. The minimum Gasteiger partial charge on any atom is -0.348 e. The number of nitrogens with one attached hydrogen (secondary N) is 1. The Kier molecular flexibility index (Phi) is 3.55. The molecule has 7 heteroatoms. The van der Waals surface area contributed by atoms with Gasteiger partial charge in [-0.05, 0) is 12.5 Å². The Bertz CT molecular complexity index is 977. The smallest absolute Gasteiger partial charge is 0.329 e. The van der Waals surface area contributed by atoms with Crippen LogP contribution in [0.15, 0.2) is 33.9 Å². The largest absolute Gasteiger partial charge is 0.348 e. The first-order valence-electron chi connectivity index (χ1n) is 7.31. The van der Waals surface area contributed by atoms with Crippen molar-refractivity contribution in [2.24, 2.45) is 7.05 Å². The van der Waals surface area contributed by atoms with Gasteiger partial charge in [-0.1, -0.05) is 29.8 Å².